The molecule has 2 heterocycles. The molecule has 0 aliphatic carbocycles. The van der Waals surface area contributed by atoms with Gasteiger partial charge in [-0.05, 0) is 32.7 Å². The Labute approximate surface area is 103 Å². The topological polar surface area (TPSA) is 42.2 Å². The second-order valence-electron chi connectivity index (χ2n) is 5.02. The van der Waals surface area contributed by atoms with Crippen LogP contribution in [0.1, 0.15) is 57.7 Å². The van der Waals surface area contributed by atoms with Gasteiger partial charge in [-0.2, -0.15) is 4.98 Å². The predicted octanol–water partition coefficient (Wildman–Crippen LogP) is 2.79. The minimum atomic E-state index is 0.648. The van der Waals surface area contributed by atoms with Crippen molar-refractivity contribution in [3.05, 3.63) is 11.7 Å². The summed E-state index contributed by atoms with van der Waals surface area (Å²) in [6.07, 6.45) is 7.18. The Kier molecular flexibility index (Phi) is 4.54. The van der Waals surface area contributed by atoms with Crippen molar-refractivity contribution in [3.8, 4) is 0 Å². The highest BCUT2D eigenvalue weighted by molar-refractivity contribution is 4.88. The van der Waals surface area contributed by atoms with Crippen LogP contribution in [0.15, 0.2) is 4.52 Å². The molecule has 1 aliphatic heterocycles. The van der Waals surface area contributed by atoms with Gasteiger partial charge in [-0.25, -0.2) is 0 Å². The number of hydrogen-bond acceptors (Lipinski definition) is 4. The van der Waals surface area contributed by atoms with E-state index in [1.807, 2.05) is 0 Å². The maximum absolute atomic E-state index is 5.31. The fourth-order valence-electron chi connectivity index (χ4n) is 2.36. The molecule has 0 saturated carbocycles. The Morgan fingerprint density at radius 3 is 3.06 bits per heavy atom. The Morgan fingerprint density at radius 2 is 2.29 bits per heavy atom. The number of rotatable bonds is 5. The molecular weight excluding hydrogens is 214 g/mol. The largest absolute Gasteiger partial charge is 0.338 e. The zero-order valence-electron chi connectivity index (χ0n) is 11.0. The molecule has 17 heavy (non-hydrogen) atoms. The van der Waals surface area contributed by atoms with Crippen LogP contribution >= 0.6 is 0 Å². The number of nitrogens with zero attached hydrogens (tertiary/aromatic N) is 3. The number of aromatic nitrogens is 2. The minimum absolute atomic E-state index is 0.648. The van der Waals surface area contributed by atoms with Crippen molar-refractivity contribution < 1.29 is 4.52 Å². The Hall–Kier alpha value is -0.900. The maximum Gasteiger partial charge on any atom is 0.240 e. The molecule has 96 valence electrons. The third-order valence-corrected chi connectivity index (χ3v) is 3.54. The Balaban J connectivity index is 1.87. The van der Waals surface area contributed by atoms with Crippen molar-refractivity contribution in [1.82, 2.24) is 15.0 Å². The third kappa shape index (κ3) is 3.53. The number of likely N-dealkylation sites (tertiary alicyclic amines) is 1. The van der Waals surface area contributed by atoms with E-state index < -0.39 is 0 Å². The molecule has 1 aliphatic rings. The van der Waals surface area contributed by atoms with E-state index in [1.165, 1.54) is 25.7 Å². The smallest absolute Gasteiger partial charge is 0.240 e. The predicted molar refractivity (Wildman–Crippen MR) is 66.6 cm³/mol. The van der Waals surface area contributed by atoms with Crippen LogP contribution in [0.3, 0.4) is 0 Å². The summed E-state index contributed by atoms with van der Waals surface area (Å²) in [6, 6.07) is 0.648. The Bertz CT molecular complexity index is 337. The molecule has 4 nitrogen and oxygen atoms in total. The molecule has 1 atom stereocenters. The summed E-state index contributed by atoms with van der Waals surface area (Å²) < 4.78 is 5.31. The molecule has 0 bridgehead atoms. The van der Waals surface area contributed by atoms with Crippen LogP contribution in [-0.4, -0.2) is 27.6 Å². The number of aryl methyl sites for hydroxylation is 1. The molecule has 1 aromatic rings. The molecule has 0 aromatic carbocycles. The molecule has 1 aromatic heterocycles. The van der Waals surface area contributed by atoms with Gasteiger partial charge in [-0.15, -0.1) is 0 Å². The standard InChI is InChI=1S/C13H23N3O/c1-3-4-8-12-14-13(17-15-12)10-16-9-6-5-7-11(16)2/h11H,3-10H2,1-2H3. The van der Waals surface area contributed by atoms with Gasteiger partial charge in [0.2, 0.25) is 5.89 Å². The first-order chi connectivity index (χ1) is 8.29. The van der Waals surface area contributed by atoms with E-state index in [-0.39, 0.29) is 0 Å². The molecule has 0 spiro atoms. The molecule has 0 amide bonds. The molecular formula is C13H23N3O. The van der Waals surface area contributed by atoms with Gasteiger partial charge in [-0.3, -0.25) is 4.90 Å². The Morgan fingerprint density at radius 1 is 1.41 bits per heavy atom. The van der Waals surface area contributed by atoms with E-state index in [4.69, 9.17) is 4.52 Å². The van der Waals surface area contributed by atoms with E-state index in [0.29, 0.717) is 6.04 Å². The second-order valence-corrected chi connectivity index (χ2v) is 5.02. The van der Waals surface area contributed by atoms with Crippen LogP contribution in [0, 0.1) is 0 Å². The van der Waals surface area contributed by atoms with E-state index >= 15 is 0 Å². The van der Waals surface area contributed by atoms with E-state index in [9.17, 15) is 0 Å². The van der Waals surface area contributed by atoms with Crippen LogP contribution in [0.2, 0.25) is 0 Å². The zero-order chi connectivity index (χ0) is 12.1. The normalized spacial score (nSPS) is 21.9. The van der Waals surface area contributed by atoms with Gasteiger partial charge in [0.05, 0.1) is 6.54 Å². The van der Waals surface area contributed by atoms with Gasteiger partial charge in [0.15, 0.2) is 5.82 Å². The van der Waals surface area contributed by atoms with Crippen LogP contribution < -0.4 is 0 Å². The van der Waals surface area contributed by atoms with Crippen molar-refractivity contribution in [2.45, 2.75) is 65.0 Å². The lowest BCUT2D eigenvalue weighted by Gasteiger charge is -2.31. The van der Waals surface area contributed by atoms with Crippen molar-refractivity contribution in [3.63, 3.8) is 0 Å². The molecule has 1 saturated heterocycles. The fraction of sp³-hybridized carbons (Fsp3) is 0.846. The summed E-state index contributed by atoms with van der Waals surface area (Å²) >= 11 is 0. The van der Waals surface area contributed by atoms with Gasteiger partial charge >= 0.3 is 0 Å². The second kappa shape index (κ2) is 6.15. The van der Waals surface area contributed by atoms with Crippen molar-refractivity contribution in [1.29, 1.82) is 0 Å². The fourth-order valence-corrected chi connectivity index (χ4v) is 2.36. The van der Waals surface area contributed by atoms with Gasteiger partial charge < -0.3 is 4.52 Å². The van der Waals surface area contributed by atoms with Gasteiger partial charge in [0.25, 0.3) is 0 Å². The van der Waals surface area contributed by atoms with Crippen molar-refractivity contribution in [2.75, 3.05) is 6.54 Å². The highest BCUT2D eigenvalue weighted by Crippen LogP contribution is 2.18. The number of piperidine rings is 1. The highest BCUT2D eigenvalue weighted by Gasteiger charge is 2.20. The van der Waals surface area contributed by atoms with E-state index in [0.717, 1.165) is 37.6 Å². The minimum Gasteiger partial charge on any atom is -0.338 e. The molecule has 4 heteroatoms. The maximum atomic E-state index is 5.31. The summed E-state index contributed by atoms with van der Waals surface area (Å²) in [5.41, 5.74) is 0. The molecule has 0 N–H and O–H groups in total. The lowest BCUT2D eigenvalue weighted by Crippen LogP contribution is -2.36. The van der Waals surface area contributed by atoms with Crippen LogP contribution in [-0.2, 0) is 13.0 Å². The number of unbranched alkanes of at least 4 members (excludes halogenated alkanes) is 1. The first-order valence-electron chi connectivity index (χ1n) is 6.85. The number of hydrogen-bond donors (Lipinski definition) is 0. The SMILES string of the molecule is CCCCc1noc(CN2CCCCC2C)n1. The van der Waals surface area contributed by atoms with E-state index in [2.05, 4.69) is 28.9 Å². The zero-order valence-corrected chi connectivity index (χ0v) is 11.0. The average Bonchev–Trinajstić information content (AvgIpc) is 2.77. The van der Waals surface area contributed by atoms with Crippen LogP contribution in [0.4, 0.5) is 0 Å². The third-order valence-electron chi connectivity index (χ3n) is 3.54. The monoisotopic (exact) mass is 237 g/mol. The summed E-state index contributed by atoms with van der Waals surface area (Å²) in [4.78, 5) is 6.90. The quantitative estimate of drug-likeness (QED) is 0.789. The molecule has 0 radical (unpaired) electrons. The van der Waals surface area contributed by atoms with Gasteiger partial charge in [-0.1, -0.05) is 24.9 Å². The lowest BCUT2D eigenvalue weighted by molar-refractivity contribution is 0.135. The van der Waals surface area contributed by atoms with Gasteiger partial charge in [0, 0.05) is 12.5 Å². The van der Waals surface area contributed by atoms with E-state index in [1.54, 1.807) is 0 Å². The van der Waals surface area contributed by atoms with Crippen molar-refractivity contribution in [2.24, 2.45) is 0 Å². The molecule has 1 fully saturated rings. The first-order valence-corrected chi connectivity index (χ1v) is 6.85. The van der Waals surface area contributed by atoms with Crippen molar-refractivity contribution >= 4 is 0 Å². The van der Waals surface area contributed by atoms with Crippen LogP contribution in [0.25, 0.3) is 0 Å². The van der Waals surface area contributed by atoms with Gasteiger partial charge in [0.1, 0.15) is 0 Å². The summed E-state index contributed by atoms with van der Waals surface area (Å²) in [5, 5.41) is 4.03. The summed E-state index contributed by atoms with van der Waals surface area (Å²) in [7, 11) is 0. The first kappa shape index (κ1) is 12.6. The van der Waals surface area contributed by atoms with Crippen LogP contribution in [0.5, 0.6) is 0 Å². The molecule has 2 rings (SSSR count). The summed E-state index contributed by atoms with van der Waals surface area (Å²) in [6.45, 7) is 6.44. The summed E-state index contributed by atoms with van der Waals surface area (Å²) in [5.74, 6) is 1.65. The average molecular weight is 237 g/mol. The highest BCUT2D eigenvalue weighted by atomic mass is 16.5. The molecule has 1 unspecified atom stereocenters. The lowest BCUT2D eigenvalue weighted by atomic mass is 10.0.